The van der Waals surface area contributed by atoms with Crippen molar-refractivity contribution in [1.29, 1.82) is 0 Å². The molecule has 3 saturated carbocycles. The lowest BCUT2D eigenvalue weighted by Gasteiger charge is -2.35. The van der Waals surface area contributed by atoms with E-state index in [4.69, 9.17) is 9.47 Å². The molecule has 0 bridgehead atoms. The molecule has 0 spiro atoms. The van der Waals surface area contributed by atoms with Crippen LogP contribution in [0.3, 0.4) is 0 Å². The monoisotopic (exact) mass is 724 g/mol. The number of ether oxygens (including phenoxy) is 2. The van der Waals surface area contributed by atoms with Crippen molar-refractivity contribution in [3.8, 4) is 11.6 Å². The summed E-state index contributed by atoms with van der Waals surface area (Å²) in [6.45, 7) is 9.26. The van der Waals surface area contributed by atoms with Gasteiger partial charge in [0.15, 0.2) is 0 Å². The van der Waals surface area contributed by atoms with E-state index < -0.39 is 74.1 Å². The fourth-order valence-corrected chi connectivity index (χ4v) is 8.51. The molecule has 2 heterocycles. The van der Waals surface area contributed by atoms with Gasteiger partial charge in [-0.2, -0.15) is 0 Å². The zero-order chi connectivity index (χ0) is 36.7. The molecule has 1 aromatic heterocycles. The number of methoxy groups -OCH3 is 1. The molecule has 276 valence electrons. The average molecular weight is 725 g/mol. The summed E-state index contributed by atoms with van der Waals surface area (Å²) in [4.78, 5) is 61.2. The van der Waals surface area contributed by atoms with Crippen LogP contribution in [0.25, 0.3) is 10.8 Å². The van der Waals surface area contributed by atoms with Gasteiger partial charge in [-0.3, -0.25) is 19.1 Å². The quantitative estimate of drug-likeness (QED) is 0.239. The second-order valence-corrected chi connectivity index (χ2v) is 17.2. The Bertz CT molecular complexity index is 1820. The molecule has 2 aromatic rings. The molecule has 1 aromatic carbocycles. The van der Waals surface area contributed by atoms with Gasteiger partial charge in [-0.15, -0.1) is 6.58 Å². The molecule has 0 radical (unpaired) electrons. The first-order chi connectivity index (χ1) is 24.1. The topological polar surface area (TPSA) is 185 Å². The summed E-state index contributed by atoms with van der Waals surface area (Å²) in [7, 11) is -2.31. The third kappa shape index (κ3) is 7.77. The number of nitrogens with zero attached hydrogens (tertiary/aromatic N) is 2. The number of likely N-dealkylation sites (tertiary alicyclic amines) is 1. The number of pyridine rings is 1. The summed E-state index contributed by atoms with van der Waals surface area (Å²) in [6, 6.07) is 4.71. The van der Waals surface area contributed by atoms with Gasteiger partial charge in [-0.25, -0.2) is 18.2 Å². The number of fused-ring (bicyclic) bond motifs is 1. The maximum atomic E-state index is 14.5. The molecule has 4 N–H and O–H groups in total. The van der Waals surface area contributed by atoms with Gasteiger partial charge in [0.25, 0.3) is 5.91 Å². The molecule has 3 aliphatic carbocycles. The Balaban J connectivity index is 1.27. The smallest absolute Gasteiger partial charge is 0.315 e. The standard InChI is InChI=1S/C36H48N6O8S/c1-6-22-19-36(22,33(45)41-51(47,48)26-12-13-26)40-30(43)28-18-25(50-31-27-14-11-24(49-5)17-21(27)15-16-37-31)20-42(28)32(44)29(35(2,3)4)39-34(46)38-23-9-7-8-10-23/h6,11,14-17,22-23,25-26,28-29H,1,7-10,12-13,18-20H2,2-5H3,(H,40,43)(H,41,45)(H2,38,39,46)/t22-,25?,28+,29-,36?/m1/s1. The minimum Gasteiger partial charge on any atom is -0.497 e. The number of aromatic nitrogens is 1. The molecule has 6 rings (SSSR count). The van der Waals surface area contributed by atoms with Crippen LogP contribution in [-0.4, -0.2) is 90.7 Å². The van der Waals surface area contributed by atoms with Crippen LogP contribution in [-0.2, 0) is 24.4 Å². The van der Waals surface area contributed by atoms with Crippen LogP contribution in [0.4, 0.5) is 4.79 Å². The first kappa shape index (κ1) is 36.4. The zero-order valence-electron chi connectivity index (χ0n) is 29.6. The molecular formula is C36H48N6O8S. The van der Waals surface area contributed by atoms with Crippen molar-refractivity contribution in [2.75, 3.05) is 13.7 Å². The second-order valence-electron chi connectivity index (χ2n) is 15.3. The van der Waals surface area contributed by atoms with Crippen molar-refractivity contribution in [3.63, 3.8) is 0 Å². The van der Waals surface area contributed by atoms with Crippen LogP contribution in [0.2, 0.25) is 0 Å². The lowest BCUT2D eigenvalue weighted by molar-refractivity contribution is -0.142. The number of benzene rings is 1. The van der Waals surface area contributed by atoms with E-state index in [9.17, 15) is 27.6 Å². The Morgan fingerprint density at radius 3 is 2.45 bits per heavy atom. The van der Waals surface area contributed by atoms with E-state index in [1.54, 1.807) is 19.4 Å². The molecule has 4 aliphatic rings. The lowest BCUT2D eigenvalue weighted by atomic mass is 9.85. The Kier molecular flexibility index (Phi) is 9.96. The summed E-state index contributed by atoms with van der Waals surface area (Å²) in [5.74, 6) is -1.50. The summed E-state index contributed by atoms with van der Waals surface area (Å²) >= 11 is 0. The normalized spacial score (nSPS) is 25.5. The number of urea groups is 1. The molecule has 1 saturated heterocycles. The Labute approximate surface area is 298 Å². The fraction of sp³-hybridized carbons (Fsp3) is 0.583. The highest BCUT2D eigenvalue weighted by Gasteiger charge is 2.62. The highest BCUT2D eigenvalue weighted by Crippen LogP contribution is 2.45. The number of nitrogens with one attached hydrogen (secondary N) is 4. The Morgan fingerprint density at radius 2 is 1.82 bits per heavy atom. The molecule has 51 heavy (non-hydrogen) atoms. The minimum atomic E-state index is -3.88. The number of sulfonamides is 1. The van der Waals surface area contributed by atoms with Crippen LogP contribution < -0.4 is 30.1 Å². The predicted octanol–water partition coefficient (Wildman–Crippen LogP) is 2.92. The van der Waals surface area contributed by atoms with Crippen LogP contribution in [0.5, 0.6) is 11.6 Å². The van der Waals surface area contributed by atoms with E-state index in [1.165, 1.54) is 11.0 Å². The van der Waals surface area contributed by atoms with Crippen LogP contribution >= 0.6 is 0 Å². The van der Waals surface area contributed by atoms with E-state index in [0.717, 1.165) is 31.1 Å². The number of hydrogen-bond acceptors (Lipinski definition) is 9. The Morgan fingerprint density at radius 1 is 1.10 bits per heavy atom. The summed E-state index contributed by atoms with van der Waals surface area (Å²) < 4.78 is 39.3. The highest BCUT2D eigenvalue weighted by atomic mass is 32.2. The van der Waals surface area contributed by atoms with Crippen LogP contribution in [0, 0.1) is 11.3 Å². The third-order valence-corrected chi connectivity index (χ3v) is 12.2. The minimum absolute atomic E-state index is 0.0101. The van der Waals surface area contributed by atoms with E-state index in [1.807, 2.05) is 39.0 Å². The number of carbonyl (C=O) groups is 4. The number of amides is 5. The van der Waals surface area contributed by atoms with Gasteiger partial charge < -0.3 is 30.3 Å². The van der Waals surface area contributed by atoms with Gasteiger partial charge in [0.1, 0.15) is 29.5 Å². The summed E-state index contributed by atoms with van der Waals surface area (Å²) in [6.07, 6.45) is 7.35. The van der Waals surface area contributed by atoms with Crippen molar-refractivity contribution in [1.82, 2.24) is 30.6 Å². The summed E-state index contributed by atoms with van der Waals surface area (Å²) in [5.41, 5.74) is -2.28. The van der Waals surface area contributed by atoms with Crippen molar-refractivity contribution >= 4 is 44.5 Å². The molecule has 1 aliphatic heterocycles. The molecule has 5 atom stereocenters. The highest BCUT2D eigenvalue weighted by molar-refractivity contribution is 7.91. The van der Waals surface area contributed by atoms with Gasteiger partial charge in [0, 0.05) is 30.0 Å². The van der Waals surface area contributed by atoms with E-state index >= 15 is 0 Å². The lowest BCUT2D eigenvalue weighted by Crippen LogP contribution is -2.61. The van der Waals surface area contributed by atoms with Gasteiger partial charge >= 0.3 is 6.03 Å². The van der Waals surface area contributed by atoms with Crippen molar-refractivity contribution < 1.29 is 37.1 Å². The molecule has 5 amide bonds. The maximum Gasteiger partial charge on any atom is 0.315 e. The van der Waals surface area contributed by atoms with Crippen LogP contribution in [0.1, 0.15) is 72.1 Å². The van der Waals surface area contributed by atoms with Gasteiger partial charge in [-0.05, 0) is 67.2 Å². The van der Waals surface area contributed by atoms with E-state index in [0.29, 0.717) is 29.9 Å². The maximum absolute atomic E-state index is 14.5. The zero-order valence-corrected chi connectivity index (χ0v) is 30.4. The van der Waals surface area contributed by atoms with E-state index in [-0.39, 0.29) is 25.4 Å². The molecule has 14 nitrogen and oxygen atoms in total. The van der Waals surface area contributed by atoms with Crippen molar-refractivity contribution in [2.24, 2.45) is 11.3 Å². The summed E-state index contributed by atoms with van der Waals surface area (Å²) in [5, 5.41) is 9.56. The van der Waals surface area contributed by atoms with Gasteiger partial charge in [-0.1, -0.05) is 39.7 Å². The van der Waals surface area contributed by atoms with Crippen molar-refractivity contribution in [3.05, 3.63) is 43.1 Å². The second kappa shape index (κ2) is 14.0. The molecule has 4 fully saturated rings. The average Bonchev–Trinajstić information content (AvgIpc) is 3.96. The number of hydrogen-bond donors (Lipinski definition) is 4. The van der Waals surface area contributed by atoms with Gasteiger partial charge in [0.2, 0.25) is 27.7 Å². The predicted molar refractivity (Wildman–Crippen MR) is 189 cm³/mol. The number of rotatable bonds is 12. The largest absolute Gasteiger partial charge is 0.497 e. The Hall–Kier alpha value is -4.40. The van der Waals surface area contributed by atoms with Crippen LogP contribution in [0.15, 0.2) is 43.1 Å². The SMILES string of the molecule is C=C[C@@H]1CC1(NC(=O)[C@@H]1CC(Oc2nccc3cc(OC)ccc23)CN1C(=O)[C@@H](NC(=O)NC1CCCC1)C(C)(C)C)C(=O)NS(=O)(=O)C1CC1. The van der Waals surface area contributed by atoms with E-state index in [2.05, 4.69) is 32.2 Å². The molecular weight excluding hydrogens is 676 g/mol. The first-order valence-electron chi connectivity index (χ1n) is 17.6. The fourth-order valence-electron chi connectivity index (χ4n) is 7.14. The third-order valence-electron chi connectivity index (χ3n) is 10.4. The first-order valence-corrected chi connectivity index (χ1v) is 19.2. The van der Waals surface area contributed by atoms with Gasteiger partial charge in [0.05, 0.1) is 18.9 Å². The molecule has 15 heteroatoms. The van der Waals surface area contributed by atoms with Crippen molar-refractivity contribution in [2.45, 2.75) is 107 Å². The number of carbonyl (C=O) groups excluding carboxylic acids is 4. The molecule has 2 unspecified atom stereocenters.